The van der Waals surface area contributed by atoms with Crippen LogP contribution in [0.3, 0.4) is 0 Å². The van der Waals surface area contributed by atoms with E-state index in [4.69, 9.17) is 4.52 Å². The van der Waals surface area contributed by atoms with Crippen LogP contribution in [0.1, 0.15) is 34.0 Å². The highest BCUT2D eigenvalue weighted by atomic mass is 31.2. The van der Waals surface area contributed by atoms with Crippen LogP contribution in [0.4, 0.5) is 0 Å². The monoisotopic (exact) mass is 316 g/mol. The van der Waals surface area contributed by atoms with E-state index < -0.39 is 12.9 Å². The highest BCUT2D eigenvalue weighted by molar-refractivity contribution is 7.83. The molecule has 1 atom stereocenters. The van der Waals surface area contributed by atoms with Gasteiger partial charge in [-0.3, -0.25) is 9.36 Å². The quantitative estimate of drug-likeness (QED) is 0.768. The van der Waals surface area contributed by atoms with Gasteiger partial charge < -0.3 is 4.52 Å². The molecule has 0 fully saturated rings. The zero-order valence-corrected chi connectivity index (χ0v) is 14.3. The summed E-state index contributed by atoms with van der Waals surface area (Å²) in [5.41, 5.74) is 2.83. The first-order valence-electron chi connectivity index (χ1n) is 7.33. The van der Waals surface area contributed by atoms with Gasteiger partial charge in [0.2, 0.25) is 0 Å². The van der Waals surface area contributed by atoms with Crippen LogP contribution in [0.2, 0.25) is 0 Å². The van der Waals surface area contributed by atoms with E-state index in [2.05, 4.69) is 0 Å². The van der Waals surface area contributed by atoms with Crippen LogP contribution in [-0.4, -0.2) is 12.1 Å². The summed E-state index contributed by atoms with van der Waals surface area (Å²) in [4.78, 5) is 13.0. The highest BCUT2D eigenvalue weighted by Crippen LogP contribution is 2.49. The van der Waals surface area contributed by atoms with Crippen molar-refractivity contribution in [1.29, 1.82) is 0 Å². The number of hydrogen-bond donors (Lipinski definition) is 0. The number of benzene rings is 2. The van der Waals surface area contributed by atoms with Gasteiger partial charge in [0.15, 0.2) is 0 Å². The predicted octanol–water partition coefficient (Wildman–Crippen LogP) is 4.39. The molecule has 3 nitrogen and oxygen atoms in total. The van der Waals surface area contributed by atoms with Crippen molar-refractivity contribution in [3.05, 3.63) is 64.7 Å². The van der Waals surface area contributed by atoms with Crippen molar-refractivity contribution >= 4 is 18.2 Å². The molecule has 4 heteroatoms. The molecule has 0 aromatic heterocycles. The second-order valence-electron chi connectivity index (χ2n) is 5.38. The van der Waals surface area contributed by atoms with Crippen LogP contribution < -0.4 is 5.30 Å². The van der Waals surface area contributed by atoms with Crippen molar-refractivity contribution in [3.8, 4) is 0 Å². The zero-order valence-electron chi connectivity index (χ0n) is 13.4. The topological polar surface area (TPSA) is 43.4 Å². The number of hydrogen-bond acceptors (Lipinski definition) is 3. The molecule has 0 aliphatic rings. The molecule has 2 rings (SSSR count). The van der Waals surface area contributed by atoms with Crippen molar-refractivity contribution in [2.75, 3.05) is 6.61 Å². The molecule has 0 saturated heterocycles. The third kappa shape index (κ3) is 3.06. The number of rotatable bonds is 5. The molecule has 0 amide bonds. The van der Waals surface area contributed by atoms with Gasteiger partial charge in [0.1, 0.15) is 0 Å². The highest BCUT2D eigenvalue weighted by Gasteiger charge is 2.37. The summed E-state index contributed by atoms with van der Waals surface area (Å²) in [6.07, 6.45) is 0. The molecule has 0 spiro atoms. The molecule has 116 valence electrons. The largest absolute Gasteiger partial charge is 0.320 e. The summed E-state index contributed by atoms with van der Waals surface area (Å²) in [7, 11) is -3.59. The van der Waals surface area contributed by atoms with Gasteiger partial charge in [-0.05, 0) is 51.0 Å². The minimum Gasteiger partial charge on any atom is -0.320 e. The number of carbonyl (C=O) groups is 1. The molecular formula is C18H21O3P. The lowest BCUT2D eigenvalue weighted by Crippen LogP contribution is -2.17. The molecule has 0 saturated carbocycles. The van der Waals surface area contributed by atoms with Gasteiger partial charge in [0, 0.05) is 10.9 Å². The lowest BCUT2D eigenvalue weighted by molar-refractivity contribution is 0.105. The van der Waals surface area contributed by atoms with E-state index >= 15 is 0 Å². The fourth-order valence-electron chi connectivity index (χ4n) is 2.72. The molecule has 0 aliphatic carbocycles. The molecule has 0 unspecified atom stereocenters. The van der Waals surface area contributed by atoms with E-state index in [1.807, 2.05) is 39.0 Å². The SMILES string of the molecule is CCO[P@@](=O)(C(=O)c1c(C)cc(C)cc1C)c1ccccc1. The summed E-state index contributed by atoms with van der Waals surface area (Å²) >= 11 is 0. The standard InChI is InChI=1S/C18H21O3P/c1-5-21-22(20,16-9-7-6-8-10-16)18(19)17-14(3)11-13(2)12-15(17)4/h6-12H,5H2,1-4H3/t22-/m1/s1. The Morgan fingerprint density at radius 2 is 1.59 bits per heavy atom. The molecule has 22 heavy (non-hydrogen) atoms. The Kier molecular flexibility index (Phi) is 5.00. The molecule has 2 aromatic rings. The Labute approximate surface area is 131 Å². The minimum absolute atomic E-state index is 0.224. The van der Waals surface area contributed by atoms with E-state index in [-0.39, 0.29) is 6.61 Å². The Morgan fingerprint density at radius 3 is 2.09 bits per heavy atom. The van der Waals surface area contributed by atoms with E-state index in [1.165, 1.54) is 0 Å². The first-order valence-corrected chi connectivity index (χ1v) is 8.95. The predicted molar refractivity (Wildman–Crippen MR) is 90.3 cm³/mol. The van der Waals surface area contributed by atoms with Gasteiger partial charge >= 0.3 is 7.37 Å². The third-order valence-corrected chi connectivity index (χ3v) is 5.92. The lowest BCUT2D eigenvalue weighted by atomic mass is 10.0. The molecule has 0 heterocycles. The average molecular weight is 316 g/mol. The maximum atomic E-state index is 13.3. The maximum absolute atomic E-state index is 13.3. The fourth-order valence-corrected chi connectivity index (χ4v) is 4.80. The van der Waals surface area contributed by atoms with Crippen LogP contribution in [0.5, 0.6) is 0 Å². The zero-order chi connectivity index (χ0) is 16.3. The van der Waals surface area contributed by atoms with Crippen molar-refractivity contribution < 1.29 is 13.9 Å². The Bertz CT molecular complexity index is 712. The van der Waals surface area contributed by atoms with E-state index in [0.717, 1.165) is 16.7 Å². The van der Waals surface area contributed by atoms with E-state index in [0.29, 0.717) is 10.9 Å². The molecule has 0 aliphatic heterocycles. The van der Waals surface area contributed by atoms with Crippen LogP contribution >= 0.6 is 7.37 Å². The second kappa shape index (κ2) is 6.60. The van der Waals surface area contributed by atoms with Gasteiger partial charge in [-0.1, -0.05) is 35.9 Å². The summed E-state index contributed by atoms with van der Waals surface area (Å²) in [6.45, 7) is 7.69. The summed E-state index contributed by atoms with van der Waals surface area (Å²) < 4.78 is 18.8. The minimum atomic E-state index is -3.59. The fraction of sp³-hybridized carbons (Fsp3) is 0.278. The van der Waals surface area contributed by atoms with Crippen LogP contribution in [0.15, 0.2) is 42.5 Å². The summed E-state index contributed by atoms with van der Waals surface area (Å²) in [5, 5.41) is 0.446. The van der Waals surface area contributed by atoms with Crippen LogP contribution in [0, 0.1) is 20.8 Å². The third-order valence-electron chi connectivity index (χ3n) is 3.57. The van der Waals surface area contributed by atoms with E-state index in [9.17, 15) is 9.36 Å². The first kappa shape index (κ1) is 16.7. The second-order valence-corrected chi connectivity index (χ2v) is 7.67. The average Bonchev–Trinajstić information content (AvgIpc) is 2.47. The van der Waals surface area contributed by atoms with Crippen molar-refractivity contribution in [1.82, 2.24) is 0 Å². The van der Waals surface area contributed by atoms with Gasteiger partial charge in [0.05, 0.1) is 6.61 Å². The first-order chi connectivity index (χ1) is 10.4. The lowest BCUT2D eigenvalue weighted by Gasteiger charge is -2.19. The van der Waals surface area contributed by atoms with Gasteiger partial charge in [-0.25, -0.2) is 0 Å². The summed E-state index contributed by atoms with van der Waals surface area (Å²) in [5.74, 6) is 0. The Balaban J connectivity index is 2.60. The van der Waals surface area contributed by atoms with Crippen molar-refractivity contribution in [2.24, 2.45) is 0 Å². The number of carbonyl (C=O) groups excluding carboxylic acids is 1. The maximum Gasteiger partial charge on any atom is 0.300 e. The molecule has 0 bridgehead atoms. The normalized spacial score (nSPS) is 13.6. The smallest absolute Gasteiger partial charge is 0.300 e. The van der Waals surface area contributed by atoms with Crippen molar-refractivity contribution in [3.63, 3.8) is 0 Å². The molecule has 2 aromatic carbocycles. The molecule has 0 N–H and O–H groups in total. The van der Waals surface area contributed by atoms with Crippen LogP contribution in [-0.2, 0) is 9.09 Å². The molecular weight excluding hydrogens is 295 g/mol. The van der Waals surface area contributed by atoms with Gasteiger partial charge in [0.25, 0.3) is 5.52 Å². The Hall–Kier alpha value is -1.70. The van der Waals surface area contributed by atoms with Crippen molar-refractivity contribution in [2.45, 2.75) is 27.7 Å². The summed E-state index contributed by atoms with van der Waals surface area (Å²) in [6, 6.07) is 12.6. The van der Waals surface area contributed by atoms with Gasteiger partial charge in [-0.2, -0.15) is 0 Å². The van der Waals surface area contributed by atoms with Crippen LogP contribution in [0.25, 0.3) is 0 Å². The molecule has 0 radical (unpaired) electrons. The Morgan fingerprint density at radius 1 is 1.05 bits per heavy atom. The van der Waals surface area contributed by atoms with E-state index in [1.54, 1.807) is 31.2 Å². The number of aryl methyl sites for hydroxylation is 3. The van der Waals surface area contributed by atoms with Gasteiger partial charge in [-0.15, -0.1) is 0 Å².